The summed E-state index contributed by atoms with van der Waals surface area (Å²) in [6, 6.07) is 11.3. The lowest BCUT2D eigenvalue weighted by atomic mass is 9.91. The molecule has 3 rings (SSSR count). The standard InChI is InChI=1S/C23H27N5O4/c1-32-9-5-8-28-16-21(26-27-28)11-19(18-6-3-2-4-7-18)12-22(29)25-14-17-10-20(23(30)31)15-24-13-17/h2-4,6-7,10,13,15-16,19H,5,8-9,11-12,14H2,1H3,(H,25,29)(H,30,31). The first kappa shape index (κ1) is 23.1. The van der Waals surface area contributed by atoms with Gasteiger partial charge in [-0.05, 0) is 29.5 Å². The van der Waals surface area contributed by atoms with Gasteiger partial charge < -0.3 is 15.2 Å². The van der Waals surface area contributed by atoms with E-state index in [-0.39, 0.29) is 30.4 Å². The smallest absolute Gasteiger partial charge is 0.337 e. The van der Waals surface area contributed by atoms with E-state index in [1.807, 2.05) is 36.5 Å². The molecule has 2 N–H and O–H groups in total. The minimum absolute atomic E-state index is 0.0659. The molecular formula is C23H27N5O4. The second-order valence-electron chi connectivity index (χ2n) is 7.50. The van der Waals surface area contributed by atoms with Crippen LogP contribution in [0.25, 0.3) is 0 Å². The maximum Gasteiger partial charge on any atom is 0.337 e. The van der Waals surface area contributed by atoms with Crippen LogP contribution in [0, 0.1) is 0 Å². The van der Waals surface area contributed by atoms with E-state index in [1.165, 1.54) is 12.3 Å². The van der Waals surface area contributed by atoms with Gasteiger partial charge in [-0.2, -0.15) is 0 Å². The molecule has 0 aliphatic heterocycles. The van der Waals surface area contributed by atoms with Crippen molar-refractivity contribution in [1.29, 1.82) is 0 Å². The predicted molar refractivity (Wildman–Crippen MR) is 117 cm³/mol. The topological polar surface area (TPSA) is 119 Å². The van der Waals surface area contributed by atoms with E-state index < -0.39 is 5.97 Å². The molecule has 1 amide bonds. The number of carboxylic acids is 1. The number of ether oxygens (including phenoxy) is 1. The molecule has 9 nitrogen and oxygen atoms in total. The quantitative estimate of drug-likeness (QED) is 0.418. The van der Waals surface area contributed by atoms with E-state index in [0.29, 0.717) is 18.6 Å². The van der Waals surface area contributed by atoms with Crippen molar-refractivity contribution < 1.29 is 19.4 Å². The Kier molecular flexibility index (Phi) is 8.44. The zero-order valence-corrected chi connectivity index (χ0v) is 18.0. The Balaban J connectivity index is 1.63. The number of carbonyl (C=O) groups is 2. The molecule has 3 aromatic rings. The molecule has 0 spiro atoms. The van der Waals surface area contributed by atoms with Crippen LogP contribution in [0.4, 0.5) is 0 Å². The molecule has 0 bridgehead atoms. The van der Waals surface area contributed by atoms with Crippen LogP contribution in [0.3, 0.4) is 0 Å². The number of methoxy groups -OCH3 is 1. The molecule has 168 valence electrons. The zero-order valence-electron chi connectivity index (χ0n) is 18.0. The van der Waals surface area contributed by atoms with E-state index in [1.54, 1.807) is 18.0 Å². The fourth-order valence-electron chi connectivity index (χ4n) is 3.40. The molecule has 1 atom stereocenters. The lowest BCUT2D eigenvalue weighted by Crippen LogP contribution is -2.25. The van der Waals surface area contributed by atoms with E-state index in [4.69, 9.17) is 9.84 Å². The Labute approximate surface area is 186 Å². The summed E-state index contributed by atoms with van der Waals surface area (Å²) < 4.78 is 6.86. The van der Waals surface area contributed by atoms with Gasteiger partial charge in [0.15, 0.2) is 0 Å². The van der Waals surface area contributed by atoms with Gasteiger partial charge in [0.1, 0.15) is 0 Å². The number of carbonyl (C=O) groups excluding carboxylic acids is 1. The summed E-state index contributed by atoms with van der Waals surface area (Å²) in [5.41, 5.74) is 2.59. The number of pyridine rings is 1. The second kappa shape index (κ2) is 11.7. The third-order valence-electron chi connectivity index (χ3n) is 5.01. The van der Waals surface area contributed by atoms with Gasteiger partial charge in [0, 0.05) is 58.2 Å². The highest BCUT2D eigenvalue weighted by Crippen LogP contribution is 2.23. The molecule has 0 aliphatic rings. The van der Waals surface area contributed by atoms with Crippen molar-refractivity contribution in [3.8, 4) is 0 Å². The number of nitrogens with one attached hydrogen (secondary N) is 1. The summed E-state index contributed by atoms with van der Waals surface area (Å²) in [7, 11) is 1.67. The predicted octanol–water partition coefficient (Wildman–Crippen LogP) is 2.44. The number of aromatic carboxylic acids is 1. The number of hydrogen-bond donors (Lipinski definition) is 2. The van der Waals surface area contributed by atoms with Crippen LogP contribution in [0.1, 0.15) is 45.9 Å². The second-order valence-corrected chi connectivity index (χ2v) is 7.50. The minimum Gasteiger partial charge on any atom is -0.478 e. The molecule has 0 radical (unpaired) electrons. The minimum atomic E-state index is -1.05. The van der Waals surface area contributed by atoms with Gasteiger partial charge in [0.05, 0.1) is 11.3 Å². The fourth-order valence-corrected chi connectivity index (χ4v) is 3.40. The number of amides is 1. The molecule has 9 heteroatoms. The molecule has 2 aromatic heterocycles. The first-order valence-corrected chi connectivity index (χ1v) is 10.4. The average molecular weight is 438 g/mol. The molecule has 1 unspecified atom stereocenters. The summed E-state index contributed by atoms with van der Waals surface area (Å²) >= 11 is 0. The fraction of sp³-hybridized carbons (Fsp3) is 0.348. The molecular weight excluding hydrogens is 410 g/mol. The van der Waals surface area contributed by atoms with Crippen LogP contribution in [0.15, 0.2) is 55.0 Å². The number of aryl methyl sites for hydroxylation is 1. The zero-order chi connectivity index (χ0) is 22.8. The third kappa shape index (κ3) is 6.98. The van der Waals surface area contributed by atoms with Crippen LogP contribution < -0.4 is 5.32 Å². The Bertz CT molecular complexity index is 1020. The number of benzene rings is 1. The van der Waals surface area contributed by atoms with Crippen LogP contribution in [0.5, 0.6) is 0 Å². The van der Waals surface area contributed by atoms with Crippen molar-refractivity contribution in [1.82, 2.24) is 25.3 Å². The monoisotopic (exact) mass is 437 g/mol. The van der Waals surface area contributed by atoms with Gasteiger partial charge in [-0.3, -0.25) is 14.5 Å². The Hall–Kier alpha value is -3.59. The molecule has 1 aromatic carbocycles. The summed E-state index contributed by atoms with van der Waals surface area (Å²) in [6.07, 6.45) is 6.43. The molecule has 0 saturated heterocycles. The van der Waals surface area contributed by atoms with Crippen LogP contribution >= 0.6 is 0 Å². The third-order valence-corrected chi connectivity index (χ3v) is 5.01. The van der Waals surface area contributed by atoms with Crippen molar-refractivity contribution in [2.75, 3.05) is 13.7 Å². The Morgan fingerprint density at radius 3 is 2.78 bits per heavy atom. The van der Waals surface area contributed by atoms with Crippen LogP contribution in [-0.4, -0.2) is 50.7 Å². The van der Waals surface area contributed by atoms with Gasteiger partial charge in [0.2, 0.25) is 5.91 Å². The maximum atomic E-state index is 12.7. The SMILES string of the molecule is COCCCn1cc(CC(CC(=O)NCc2cncc(C(=O)O)c2)c2ccccc2)nn1. The molecule has 2 heterocycles. The summed E-state index contributed by atoms with van der Waals surface area (Å²) in [5, 5.41) is 20.4. The van der Waals surface area contributed by atoms with E-state index in [2.05, 4.69) is 20.6 Å². The van der Waals surface area contributed by atoms with Crippen molar-refractivity contribution in [3.63, 3.8) is 0 Å². The summed E-state index contributed by atoms with van der Waals surface area (Å²) in [5.74, 6) is -1.25. The van der Waals surface area contributed by atoms with Crippen molar-refractivity contribution in [2.24, 2.45) is 0 Å². The van der Waals surface area contributed by atoms with Crippen LogP contribution in [-0.2, 0) is 29.0 Å². The first-order valence-electron chi connectivity index (χ1n) is 10.4. The van der Waals surface area contributed by atoms with Gasteiger partial charge in [-0.15, -0.1) is 5.10 Å². The highest BCUT2D eigenvalue weighted by Gasteiger charge is 2.18. The highest BCUT2D eigenvalue weighted by atomic mass is 16.5. The van der Waals surface area contributed by atoms with E-state index in [9.17, 15) is 9.59 Å². The van der Waals surface area contributed by atoms with E-state index in [0.717, 1.165) is 24.2 Å². The van der Waals surface area contributed by atoms with Gasteiger partial charge in [-0.1, -0.05) is 35.5 Å². The molecule has 32 heavy (non-hydrogen) atoms. The lowest BCUT2D eigenvalue weighted by molar-refractivity contribution is -0.121. The first-order chi connectivity index (χ1) is 15.5. The van der Waals surface area contributed by atoms with Crippen molar-refractivity contribution in [2.45, 2.75) is 38.3 Å². The van der Waals surface area contributed by atoms with Crippen molar-refractivity contribution >= 4 is 11.9 Å². The van der Waals surface area contributed by atoms with Gasteiger partial charge in [-0.25, -0.2) is 4.79 Å². The summed E-state index contributed by atoms with van der Waals surface area (Å²) in [4.78, 5) is 27.7. The van der Waals surface area contributed by atoms with Crippen LogP contribution in [0.2, 0.25) is 0 Å². The largest absolute Gasteiger partial charge is 0.478 e. The van der Waals surface area contributed by atoms with E-state index >= 15 is 0 Å². The van der Waals surface area contributed by atoms with Crippen molar-refractivity contribution in [3.05, 3.63) is 77.4 Å². The highest BCUT2D eigenvalue weighted by molar-refractivity contribution is 5.87. The maximum absolute atomic E-state index is 12.7. The number of nitrogens with zero attached hydrogens (tertiary/aromatic N) is 4. The Morgan fingerprint density at radius 1 is 1.22 bits per heavy atom. The number of carboxylic acid groups (broad SMARTS) is 1. The molecule has 0 saturated carbocycles. The van der Waals surface area contributed by atoms with Gasteiger partial charge >= 0.3 is 5.97 Å². The number of rotatable bonds is 12. The molecule has 0 fully saturated rings. The molecule has 0 aliphatic carbocycles. The number of aromatic nitrogens is 4. The van der Waals surface area contributed by atoms with Gasteiger partial charge in [0.25, 0.3) is 0 Å². The normalized spacial score (nSPS) is 11.8. The number of hydrogen-bond acceptors (Lipinski definition) is 6. The Morgan fingerprint density at radius 2 is 2.03 bits per heavy atom. The summed E-state index contributed by atoms with van der Waals surface area (Å²) in [6.45, 7) is 1.60. The lowest BCUT2D eigenvalue weighted by Gasteiger charge is -2.16. The average Bonchev–Trinajstić information content (AvgIpc) is 3.25.